The fourth-order valence-electron chi connectivity index (χ4n) is 2.34. The summed E-state index contributed by atoms with van der Waals surface area (Å²) in [5.41, 5.74) is 0.555. The van der Waals surface area contributed by atoms with Gasteiger partial charge in [0.15, 0.2) is 11.2 Å². The number of ether oxygens (including phenoxy) is 1. The van der Waals surface area contributed by atoms with Crippen LogP contribution in [0.3, 0.4) is 0 Å². The molecule has 1 aliphatic heterocycles. The van der Waals surface area contributed by atoms with Gasteiger partial charge in [0.1, 0.15) is 6.23 Å². The van der Waals surface area contributed by atoms with Gasteiger partial charge in [-0.15, -0.1) is 0 Å². The topological polar surface area (TPSA) is 93.0 Å². The van der Waals surface area contributed by atoms with Crippen LogP contribution in [-0.4, -0.2) is 37.3 Å². The van der Waals surface area contributed by atoms with Gasteiger partial charge in [0.25, 0.3) is 5.56 Å². The van der Waals surface area contributed by atoms with E-state index >= 15 is 0 Å². The first-order valence-electron chi connectivity index (χ1n) is 5.87. The number of imidazole rings is 1. The van der Waals surface area contributed by atoms with Crippen LogP contribution in [0, 0.1) is 5.92 Å². The van der Waals surface area contributed by atoms with E-state index in [0.717, 1.165) is 6.42 Å². The zero-order chi connectivity index (χ0) is 12.7. The minimum atomic E-state index is -0.261. The van der Waals surface area contributed by atoms with Crippen LogP contribution in [0.2, 0.25) is 0 Å². The first kappa shape index (κ1) is 11.4. The first-order chi connectivity index (χ1) is 8.70. The Hall–Kier alpha value is -1.73. The molecular weight excluding hydrogens is 236 g/mol. The Kier molecular flexibility index (Phi) is 2.64. The normalized spacial score (nSPS) is 28.0. The quantitative estimate of drug-likeness (QED) is 0.784. The van der Waals surface area contributed by atoms with Crippen molar-refractivity contribution in [1.82, 2.24) is 19.5 Å². The number of hydrogen-bond donors (Lipinski definition) is 2. The molecule has 2 aromatic rings. The molecule has 96 valence electrons. The van der Waals surface area contributed by atoms with Crippen molar-refractivity contribution in [3.63, 3.8) is 0 Å². The van der Waals surface area contributed by atoms with Crippen molar-refractivity contribution in [2.75, 3.05) is 6.61 Å². The molecule has 0 bridgehead atoms. The van der Waals surface area contributed by atoms with Crippen LogP contribution in [0.4, 0.5) is 0 Å². The number of nitrogens with one attached hydrogen (secondary N) is 1. The minimum absolute atomic E-state index is 0.00168. The summed E-state index contributed by atoms with van der Waals surface area (Å²) in [4.78, 5) is 22.2. The van der Waals surface area contributed by atoms with Gasteiger partial charge >= 0.3 is 0 Å². The number of hydrogen-bond acceptors (Lipinski definition) is 5. The van der Waals surface area contributed by atoms with Crippen molar-refractivity contribution in [2.24, 2.45) is 5.92 Å². The second kappa shape index (κ2) is 4.18. The molecular formula is C11H14N4O3. The molecule has 1 fully saturated rings. The summed E-state index contributed by atoms with van der Waals surface area (Å²) in [6.07, 6.45) is 3.28. The summed E-state index contributed by atoms with van der Waals surface area (Å²) in [6.45, 7) is 2.03. The molecule has 0 radical (unpaired) electrons. The molecule has 2 N–H and O–H groups in total. The van der Waals surface area contributed by atoms with Crippen molar-refractivity contribution < 1.29 is 9.84 Å². The number of H-pyrrole nitrogens is 1. The Morgan fingerprint density at radius 3 is 3.17 bits per heavy atom. The molecule has 3 heterocycles. The predicted octanol–water partition coefficient (Wildman–Crippen LogP) is 0.0355. The van der Waals surface area contributed by atoms with Gasteiger partial charge < -0.3 is 14.8 Å². The highest BCUT2D eigenvalue weighted by Gasteiger charge is 2.33. The fourth-order valence-corrected chi connectivity index (χ4v) is 2.34. The first-order valence-corrected chi connectivity index (χ1v) is 5.87. The molecule has 18 heavy (non-hydrogen) atoms. The zero-order valence-corrected chi connectivity index (χ0v) is 9.91. The average molecular weight is 250 g/mol. The van der Waals surface area contributed by atoms with Crippen LogP contribution in [0.25, 0.3) is 11.2 Å². The summed E-state index contributed by atoms with van der Waals surface area (Å²) in [5, 5.41) is 9.19. The van der Waals surface area contributed by atoms with E-state index in [1.54, 1.807) is 10.9 Å². The Morgan fingerprint density at radius 1 is 1.61 bits per heavy atom. The largest absolute Gasteiger partial charge is 0.394 e. The van der Waals surface area contributed by atoms with Crippen molar-refractivity contribution >= 4 is 11.2 Å². The Labute approximate surface area is 102 Å². The molecule has 3 rings (SSSR count). The fraction of sp³-hybridized carbons (Fsp3) is 0.545. The third-order valence-electron chi connectivity index (χ3n) is 3.40. The van der Waals surface area contributed by atoms with Crippen molar-refractivity contribution in [3.05, 3.63) is 23.0 Å². The second-order valence-corrected chi connectivity index (χ2v) is 4.58. The summed E-state index contributed by atoms with van der Waals surface area (Å²) >= 11 is 0. The van der Waals surface area contributed by atoms with E-state index in [0.29, 0.717) is 11.2 Å². The van der Waals surface area contributed by atoms with E-state index in [-0.39, 0.29) is 30.4 Å². The summed E-state index contributed by atoms with van der Waals surface area (Å²) in [7, 11) is 0. The molecule has 0 amide bonds. The molecule has 7 nitrogen and oxygen atoms in total. The zero-order valence-electron chi connectivity index (χ0n) is 9.91. The molecule has 0 unspecified atom stereocenters. The molecule has 0 aromatic carbocycles. The van der Waals surface area contributed by atoms with Gasteiger partial charge in [-0.25, -0.2) is 9.97 Å². The number of aromatic amines is 1. The van der Waals surface area contributed by atoms with Crippen LogP contribution >= 0.6 is 0 Å². The van der Waals surface area contributed by atoms with Crippen LogP contribution in [0.15, 0.2) is 17.4 Å². The average Bonchev–Trinajstić information content (AvgIpc) is 2.93. The highest BCUT2D eigenvalue weighted by Crippen LogP contribution is 2.33. The van der Waals surface area contributed by atoms with Gasteiger partial charge in [0.05, 0.1) is 25.4 Å². The lowest BCUT2D eigenvalue weighted by Crippen LogP contribution is -2.18. The van der Waals surface area contributed by atoms with Gasteiger partial charge in [-0.1, -0.05) is 6.92 Å². The molecule has 3 atom stereocenters. The number of aliphatic hydroxyl groups is 1. The van der Waals surface area contributed by atoms with E-state index < -0.39 is 0 Å². The maximum absolute atomic E-state index is 11.5. The van der Waals surface area contributed by atoms with Crippen LogP contribution in [0.1, 0.15) is 19.6 Å². The van der Waals surface area contributed by atoms with Gasteiger partial charge in [-0.05, 0) is 12.3 Å². The number of aliphatic hydroxyl groups excluding tert-OH is 1. The Morgan fingerprint density at radius 2 is 2.44 bits per heavy atom. The van der Waals surface area contributed by atoms with Crippen molar-refractivity contribution in [3.8, 4) is 0 Å². The van der Waals surface area contributed by atoms with E-state index in [9.17, 15) is 9.90 Å². The second-order valence-electron chi connectivity index (χ2n) is 4.58. The lowest BCUT2D eigenvalue weighted by Gasteiger charge is -2.13. The minimum Gasteiger partial charge on any atom is -0.394 e. The van der Waals surface area contributed by atoms with Crippen molar-refractivity contribution in [1.29, 1.82) is 0 Å². The monoisotopic (exact) mass is 250 g/mol. The number of aromatic nitrogens is 4. The van der Waals surface area contributed by atoms with Crippen LogP contribution < -0.4 is 5.56 Å². The lowest BCUT2D eigenvalue weighted by atomic mass is 10.0. The molecule has 0 aliphatic carbocycles. The Balaban J connectivity index is 2.01. The SMILES string of the molecule is C[C@@H]1C[C@H](n2cnc3c(=O)[nH]cnc32)O[C@@H]1CO. The van der Waals surface area contributed by atoms with Crippen LogP contribution in [-0.2, 0) is 4.74 Å². The van der Waals surface area contributed by atoms with E-state index in [1.165, 1.54) is 6.33 Å². The molecule has 7 heteroatoms. The van der Waals surface area contributed by atoms with Gasteiger partial charge in [-0.2, -0.15) is 0 Å². The molecule has 2 aromatic heterocycles. The summed E-state index contributed by atoms with van der Waals surface area (Å²) < 4.78 is 7.48. The van der Waals surface area contributed by atoms with E-state index in [4.69, 9.17) is 4.74 Å². The highest BCUT2D eigenvalue weighted by molar-refractivity contribution is 5.68. The lowest BCUT2D eigenvalue weighted by molar-refractivity contribution is -0.0277. The van der Waals surface area contributed by atoms with E-state index in [2.05, 4.69) is 15.0 Å². The third-order valence-corrected chi connectivity index (χ3v) is 3.40. The summed E-state index contributed by atoms with van der Waals surface area (Å²) in [5.74, 6) is 0.263. The predicted molar refractivity (Wildman–Crippen MR) is 62.9 cm³/mol. The number of rotatable bonds is 2. The molecule has 0 spiro atoms. The maximum Gasteiger partial charge on any atom is 0.278 e. The molecule has 0 saturated carbocycles. The van der Waals surface area contributed by atoms with Gasteiger partial charge in [-0.3, -0.25) is 9.36 Å². The number of nitrogens with zero attached hydrogens (tertiary/aromatic N) is 3. The van der Waals surface area contributed by atoms with Crippen molar-refractivity contribution in [2.45, 2.75) is 25.7 Å². The molecule has 1 aliphatic rings. The van der Waals surface area contributed by atoms with Crippen LogP contribution in [0.5, 0.6) is 0 Å². The van der Waals surface area contributed by atoms with Gasteiger partial charge in [0, 0.05) is 0 Å². The van der Waals surface area contributed by atoms with Gasteiger partial charge in [0.2, 0.25) is 0 Å². The maximum atomic E-state index is 11.5. The Bertz CT molecular complexity index is 620. The third kappa shape index (κ3) is 1.63. The van der Waals surface area contributed by atoms with E-state index in [1.807, 2.05) is 6.92 Å². The summed E-state index contributed by atoms with van der Waals surface area (Å²) in [6, 6.07) is 0. The number of fused-ring (bicyclic) bond motifs is 1. The highest BCUT2D eigenvalue weighted by atomic mass is 16.5. The molecule has 1 saturated heterocycles. The standard InChI is InChI=1S/C11H14N4O3/c1-6-2-8(18-7(6)3-16)15-5-14-9-10(15)12-4-13-11(9)17/h4-8,16H,2-3H2,1H3,(H,12,13,17)/t6-,7-,8-/m1/s1. The smallest absolute Gasteiger partial charge is 0.278 e.